The van der Waals surface area contributed by atoms with E-state index < -0.39 is 0 Å². The van der Waals surface area contributed by atoms with Gasteiger partial charge in [0, 0.05) is 34.5 Å². The number of carbonyl (C=O) groups excluding carboxylic acids is 2. The Morgan fingerprint density at radius 3 is 2.91 bits per heavy atom. The third-order valence-corrected chi connectivity index (χ3v) is 5.62. The fourth-order valence-electron chi connectivity index (χ4n) is 3.19. The highest BCUT2D eigenvalue weighted by Crippen LogP contribution is 2.32. The van der Waals surface area contributed by atoms with Crippen LogP contribution in [0.4, 0.5) is 0 Å². The first-order chi connectivity index (χ1) is 11.2. The molecule has 1 aromatic heterocycles. The van der Waals surface area contributed by atoms with Gasteiger partial charge in [0.2, 0.25) is 5.91 Å². The predicted molar refractivity (Wildman–Crippen MR) is 89.3 cm³/mol. The Balaban J connectivity index is 1.29. The number of esters is 1. The van der Waals surface area contributed by atoms with Gasteiger partial charge in [-0.3, -0.25) is 9.59 Å². The topological polar surface area (TPSA) is 46.6 Å². The fraction of sp³-hybridized carbons (Fsp3) is 0.444. The number of hydrogen-bond acceptors (Lipinski definition) is 4. The van der Waals surface area contributed by atoms with Gasteiger partial charge in [-0.2, -0.15) is 0 Å². The van der Waals surface area contributed by atoms with E-state index in [1.165, 1.54) is 10.1 Å². The van der Waals surface area contributed by atoms with Gasteiger partial charge in [-0.1, -0.05) is 18.2 Å². The maximum absolute atomic E-state index is 12.0. The van der Waals surface area contributed by atoms with E-state index in [1.54, 1.807) is 11.3 Å². The molecule has 1 aromatic carbocycles. The van der Waals surface area contributed by atoms with Crippen LogP contribution < -0.4 is 0 Å². The Hall–Kier alpha value is -1.88. The van der Waals surface area contributed by atoms with Crippen molar-refractivity contribution in [1.82, 2.24) is 4.90 Å². The first-order valence-corrected chi connectivity index (χ1v) is 8.93. The minimum absolute atomic E-state index is 0.162. The molecule has 1 unspecified atom stereocenters. The summed E-state index contributed by atoms with van der Waals surface area (Å²) in [6.45, 7) is 1.11. The number of fused-ring (bicyclic) bond motifs is 1. The Kier molecular flexibility index (Phi) is 3.81. The average Bonchev–Trinajstić information content (AvgIpc) is 3.18. The quantitative estimate of drug-likeness (QED) is 0.792. The van der Waals surface area contributed by atoms with Crippen molar-refractivity contribution in [2.75, 3.05) is 13.2 Å². The molecule has 2 heterocycles. The van der Waals surface area contributed by atoms with Crippen molar-refractivity contribution in [3.63, 3.8) is 0 Å². The first kappa shape index (κ1) is 14.7. The second kappa shape index (κ2) is 5.96. The highest BCUT2D eigenvalue weighted by molar-refractivity contribution is 7.19. The van der Waals surface area contributed by atoms with Crippen molar-refractivity contribution >= 4 is 33.3 Å². The molecule has 120 valence electrons. The second-order valence-electron chi connectivity index (χ2n) is 6.46. The summed E-state index contributed by atoms with van der Waals surface area (Å²) in [5, 5.41) is 1.17. The maximum Gasteiger partial charge on any atom is 0.311 e. The lowest BCUT2D eigenvalue weighted by Crippen LogP contribution is -2.28. The number of benzene rings is 1. The van der Waals surface area contributed by atoms with Crippen molar-refractivity contribution in [3.05, 3.63) is 35.2 Å². The monoisotopic (exact) mass is 329 g/mol. The van der Waals surface area contributed by atoms with Crippen molar-refractivity contribution in [1.29, 1.82) is 0 Å². The van der Waals surface area contributed by atoms with Crippen molar-refractivity contribution < 1.29 is 14.3 Å². The largest absolute Gasteiger partial charge is 0.465 e. The van der Waals surface area contributed by atoms with Gasteiger partial charge in [0.25, 0.3) is 0 Å². The van der Waals surface area contributed by atoms with Crippen LogP contribution in [0.25, 0.3) is 10.1 Å². The first-order valence-electron chi connectivity index (χ1n) is 8.11. The van der Waals surface area contributed by atoms with E-state index in [1.807, 2.05) is 17.0 Å². The third kappa shape index (κ3) is 3.24. The van der Waals surface area contributed by atoms with Gasteiger partial charge in [0.15, 0.2) is 0 Å². The van der Waals surface area contributed by atoms with Crippen molar-refractivity contribution in [2.45, 2.75) is 31.7 Å². The summed E-state index contributed by atoms with van der Waals surface area (Å²) in [5.41, 5.74) is 0. The van der Waals surface area contributed by atoms with Crippen molar-refractivity contribution in [3.8, 4) is 0 Å². The normalized spacial score (nSPS) is 21.1. The number of likely N-dealkylation sites (tertiary alicyclic amines) is 1. The number of carbonyl (C=O) groups is 2. The summed E-state index contributed by atoms with van der Waals surface area (Å²) in [6.07, 6.45) is 3.09. The molecule has 4 rings (SSSR count). The molecule has 1 saturated carbocycles. The van der Waals surface area contributed by atoms with Gasteiger partial charge in [-0.05, 0) is 30.4 Å². The van der Waals surface area contributed by atoms with Crippen LogP contribution in [0.3, 0.4) is 0 Å². The zero-order valence-corrected chi connectivity index (χ0v) is 13.7. The molecule has 1 atom stereocenters. The minimum atomic E-state index is -0.200. The Morgan fingerprint density at radius 1 is 1.30 bits per heavy atom. The molecular weight excluding hydrogens is 310 g/mol. The van der Waals surface area contributed by atoms with Gasteiger partial charge in [-0.25, -0.2) is 0 Å². The van der Waals surface area contributed by atoms with Crippen LogP contribution in [0.5, 0.6) is 0 Å². The molecule has 5 heteroatoms. The molecule has 1 aliphatic carbocycles. The molecule has 23 heavy (non-hydrogen) atoms. The van der Waals surface area contributed by atoms with Crippen LogP contribution in [0.1, 0.15) is 24.1 Å². The molecule has 0 bridgehead atoms. The Labute approximate surface area is 139 Å². The third-order valence-electron chi connectivity index (χ3n) is 4.50. The summed E-state index contributed by atoms with van der Waals surface area (Å²) < 4.78 is 6.60. The molecule has 2 aromatic rings. The lowest BCUT2D eigenvalue weighted by molar-refractivity contribution is -0.144. The molecule has 0 N–H and O–H groups in total. The molecule has 2 aliphatic rings. The number of hydrogen-bond donors (Lipinski definition) is 0. The number of rotatable bonds is 5. The second-order valence-corrected chi connectivity index (χ2v) is 7.63. The van der Waals surface area contributed by atoms with E-state index in [2.05, 4.69) is 18.2 Å². The molecule has 1 saturated heterocycles. The van der Waals surface area contributed by atoms with E-state index in [9.17, 15) is 9.59 Å². The van der Waals surface area contributed by atoms with Gasteiger partial charge in [0.1, 0.15) is 0 Å². The van der Waals surface area contributed by atoms with E-state index in [0.717, 1.165) is 24.3 Å². The molecule has 0 radical (unpaired) electrons. The van der Waals surface area contributed by atoms with E-state index >= 15 is 0 Å². The van der Waals surface area contributed by atoms with Crippen LogP contribution in [0.2, 0.25) is 0 Å². The number of thiophene rings is 1. The molecular formula is C18H19NO3S. The number of nitrogens with zero attached hydrogens (tertiary/aromatic N) is 1. The molecule has 0 spiro atoms. The molecule has 4 nitrogen and oxygen atoms in total. The zero-order chi connectivity index (χ0) is 15.8. The van der Waals surface area contributed by atoms with Crippen LogP contribution >= 0.6 is 11.3 Å². The van der Waals surface area contributed by atoms with Crippen LogP contribution in [0.15, 0.2) is 30.3 Å². The predicted octanol–water partition coefficient (Wildman–Crippen LogP) is 3.00. The molecule has 2 fully saturated rings. The summed E-state index contributed by atoms with van der Waals surface area (Å²) >= 11 is 1.63. The lowest BCUT2D eigenvalue weighted by Gasteiger charge is -2.15. The smallest absolute Gasteiger partial charge is 0.311 e. The molecule has 1 aliphatic heterocycles. The number of amides is 1. The minimum Gasteiger partial charge on any atom is -0.465 e. The van der Waals surface area contributed by atoms with Crippen molar-refractivity contribution in [2.24, 2.45) is 5.92 Å². The molecule has 1 amide bonds. The van der Waals surface area contributed by atoms with E-state index in [4.69, 9.17) is 4.74 Å². The van der Waals surface area contributed by atoms with Gasteiger partial charge >= 0.3 is 5.97 Å². The van der Waals surface area contributed by atoms with E-state index in [-0.39, 0.29) is 17.8 Å². The summed E-state index contributed by atoms with van der Waals surface area (Å²) in [6, 6.07) is 10.6. The summed E-state index contributed by atoms with van der Waals surface area (Å²) in [4.78, 5) is 26.9. The van der Waals surface area contributed by atoms with Crippen LogP contribution in [-0.2, 0) is 20.7 Å². The maximum atomic E-state index is 12.0. The standard InChI is InChI=1S/C18H19NO3S/c20-17-7-12(10-19(17)14-5-6-14)11-22-18(21)9-15-8-13-3-1-2-4-16(13)23-15/h1-4,8,12,14H,5-7,9-11H2. The Bertz CT molecular complexity index is 717. The Morgan fingerprint density at radius 2 is 2.13 bits per heavy atom. The van der Waals surface area contributed by atoms with Gasteiger partial charge < -0.3 is 9.64 Å². The zero-order valence-electron chi connectivity index (χ0n) is 12.9. The average molecular weight is 329 g/mol. The van der Waals surface area contributed by atoms with Crippen LogP contribution in [-0.4, -0.2) is 36.0 Å². The summed E-state index contributed by atoms with van der Waals surface area (Å²) in [5.74, 6) is 0.182. The highest BCUT2D eigenvalue weighted by atomic mass is 32.1. The SMILES string of the molecule is O=C(Cc1cc2ccccc2s1)OCC1CC(=O)N(C2CC2)C1. The van der Waals surface area contributed by atoms with Gasteiger partial charge in [-0.15, -0.1) is 11.3 Å². The fourth-order valence-corrected chi connectivity index (χ4v) is 4.24. The highest BCUT2D eigenvalue weighted by Gasteiger charge is 2.39. The van der Waals surface area contributed by atoms with Crippen LogP contribution in [0, 0.1) is 5.92 Å². The lowest BCUT2D eigenvalue weighted by atomic mass is 10.1. The summed E-state index contributed by atoms with van der Waals surface area (Å²) in [7, 11) is 0. The number of ether oxygens (including phenoxy) is 1. The van der Waals surface area contributed by atoms with E-state index in [0.29, 0.717) is 25.5 Å². The van der Waals surface area contributed by atoms with Gasteiger partial charge in [0.05, 0.1) is 13.0 Å².